The molecule has 1 aromatic carbocycles. The van der Waals surface area contributed by atoms with Crippen LogP contribution >= 0.6 is 0 Å². The molecule has 138 valence electrons. The Morgan fingerprint density at radius 2 is 2.04 bits per heavy atom. The predicted octanol–water partition coefficient (Wildman–Crippen LogP) is 1.12. The predicted molar refractivity (Wildman–Crippen MR) is 97.9 cm³/mol. The summed E-state index contributed by atoms with van der Waals surface area (Å²) in [5.74, 6) is -0.130. The van der Waals surface area contributed by atoms with Crippen molar-refractivity contribution in [1.29, 1.82) is 0 Å². The molecule has 2 rings (SSSR count). The number of nitrogens with zero attached hydrogens (tertiary/aromatic N) is 1. The van der Waals surface area contributed by atoms with E-state index >= 15 is 0 Å². The van der Waals surface area contributed by atoms with Crippen molar-refractivity contribution in [1.82, 2.24) is 14.6 Å². The van der Waals surface area contributed by atoms with Crippen molar-refractivity contribution >= 4 is 26.8 Å². The Bertz CT molecular complexity index is 801. The number of hydrogen-bond donors (Lipinski definition) is 2. The normalized spacial score (nSPS) is 12.0. The third kappa shape index (κ3) is 5.84. The monoisotopic (exact) mass is 367 g/mol. The molecule has 1 amide bonds. The van der Waals surface area contributed by atoms with E-state index in [1.165, 1.54) is 10.6 Å². The fourth-order valence-electron chi connectivity index (χ4n) is 2.66. The number of rotatable bonds is 10. The Balaban J connectivity index is 1.84. The molecule has 1 aromatic heterocycles. The summed E-state index contributed by atoms with van der Waals surface area (Å²) in [4.78, 5) is 15.3. The highest BCUT2D eigenvalue weighted by Crippen LogP contribution is 2.17. The Kier molecular flexibility index (Phi) is 6.98. The zero-order valence-electron chi connectivity index (χ0n) is 14.6. The average molecular weight is 367 g/mol. The maximum Gasteiger partial charge on any atom is 0.224 e. The summed E-state index contributed by atoms with van der Waals surface area (Å²) in [6, 6.07) is 7.80. The van der Waals surface area contributed by atoms with Crippen molar-refractivity contribution in [2.45, 2.75) is 12.8 Å². The van der Waals surface area contributed by atoms with Crippen molar-refractivity contribution < 1.29 is 17.9 Å². The van der Waals surface area contributed by atoms with Crippen LogP contribution in [0.1, 0.15) is 12.0 Å². The quantitative estimate of drug-likeness (QED) is 0.616. The summed E-state index contributed by atoms with van der Waals surface area (Å²) in [5.41, 5.74) is 1.92. The molecule has 2 N–H and O–H groups in total. The molecule has 0 unspecified atom stereocenters. The van der Waals surface area contributed by atoms with Crippen molar-refractivity contribution in [3.05, 3.63) is 36.0 Å². The van der Waals surface area contributed by atoms with Gasteiger partial charge in [-0.3, -0.25) is 4.79 Å². The molecule has 0 radical (unpaired) electrons. The molecule has 0 aliphatic heterocycles. The van der Waals surface area contributed by atoms with Gasteiger partial charge in [-0.05, 0) is 18.1 Å². The van der Waals surface area contributed by atoms with Crippen molar-refractivity contribution in [2.24, 2.45) is 0 Å². The van der Waals surface area contributed by atoms with Gasteiger partial charge in [0.15, 0.2) is 0 Å². The van der Waals surface area contributed by atoms with E-state index in [4.69, 9.17) is 4.74 Å². The standard InChI is InChI=1S/C17H25N3O4S/c1-24-11-5-9-20(25(2,22)23)10-8-18-17(21)12-14-13-19-16-7-4-3-6-15(14)16/h3-4,6-7,13,19H,5,8-12H2,1-2H3,(H,18,21). The van der Waals surface area contributed by atoms with Gasteiger partial charge in [0.25, 0.3) is 0 Å². The van der Waals surface area contributed by atoms with Crippen LogP contribution in [0.3, 0.4) is 0 Å². The number of fused-ring (bicyclic) bond motifs is 1. The minimum Gasteiger partial charge on any atom is -0.385 e. The van der Waals surface area contributed by atoms with Gasteiger partial charge in [0.05, 0.1) is 12.7 Å². The summed E-state index contributed by atoms with van der Waals surface area (Å²) >= 11 is 0. The first-order valence-electron chi connectivity index (χ1n) is 8.17. The van der Waals surface area contributed by atoms with E-state index < -0.39 is 10.0 Å². The first-order chi connectivity index (χ1) is 11.9. The third-order valence-corrected chi connectivity index (χ3v) is 5.24. The number of methoxy groups -OCH3 is 1. The Labute approximate surface area is 148 Å². The number of ether oxygens (including phenoxy) is 1. The molecule has 2 aromatic rings. The number of nitrogens with one attached hydrogen (secondary N) is 2. The van der Waals surface area contributed by atoms with Crippen LogP contribution in [0.5, 0.6) is 0 Å². The lowest BCUT2D eigenvalue weighted by Gasteiger charge is -2.19. The summed E-state index contributed by atoms with van der Waals surface area (Å²) in [7, 11) is -1.72. The summed E-state index contributed by atoms with van der Waals surface area (Å²) in [5, 5.41) is 3.81. The maximum absolute atomic E-state index is 12.1. The average Bonchev–Trinajstić information content (AvgIpc) is 2.96. The van der Waals surface area contributed by atoms with Crippen LogP contribution in [0.15, 0.2) is 30.5 Å². The highest BCUT2D eigenvalue weighted by molar-refractivity contribution is 7.88. The van der Waals surface area contributed by atoms with Crippen LogP contribution in [0, 0.1) is 0 Å². The number of aromatic nitrogens is 1. The fourth-order valence-corrected chi connectivity index (χ4v) is 3.55. The van der Waals surface area contributed by atoms with E-state index in [0.717, 1.165) is 16.5 Å². The number of benzene rings is 1. The van der Waals surface area contributed by atoms with Crippen LogP contribution in [0.4, 0.5) is 0 Å². The lowest BCUT2D eigenvalue weighted by molar-refractivity contribution is -0.120. The number of sulfonamides is 1. The number of hydrogen-bond acceptors (Lipinski definition) is 4. The van der Waals surface area contributed by atoms with E-state index in [1.54, 1.807) is 7.11 Å². The number of H-pyrrole nitrogens is 1. The molecule has 0 aliphatic rings. The fraction of sp³-hybridized carbons (Fsp3) is 0.471. The van der Waals surface area contributed by atoms with E-state index in [-0.39, 0.29) is 25.4 Å². The van der Waals surface area contributed by atoms with Gasteiger partial charge < -0.3 is 15.0 Å². The molecular weight excluding hydrogens is 342 g/mol. The van der Waals surface area contributed by atoms with Gasteiger partial charge in [0.2, 0.25) is 15.9 Å². The summed E-state index contributed by atoms with van der Waals surface area (Å²) < 4.78 is 29.9. The lowest BCUT2D eigenvalue weighted by Crippen LogP contribution is -2.39. The molecule has 0 spiro atoms. The van der Waals surface area contributed by atoms with Crippen LogP contribution in [-0.2, 0) is 26.0 Å². The zero-order chi connectivity index (χ0) is 18.3. The second-order valence-corrected chi connectivity index (χ2v) is 7.88. The van der Waals surface area contributed by atoms with E-state index in [0.29, 0.717) is 19.6 Å². The summed E-state index contributed by atoms with van der Waals surface area (Å²) in [6.45, 7) is 1.41. The number of carbonyl (C=O) groups is 1. The molecular formula is C17H25N3O4S. The lowest BCUT2D eigenvalue weighted by atomic mass is 10.1. The highest BCUT2D eigenvalue weighted by Gasteiger charge is 2.16. The smallest absolute Gasteiger partial charge is 0.224 e. The van der Waals surface area contributed by atoms with Crippen LogP contribution in [0.25, 0.3) is 10.9 Å². The van der Waals surface area contributed by atoms with Crippen LogP contribution in [0.2, 0.25) is 0 Å². The van der Waals surface area contributed by atoms with E-state index in [1.807, 2.05) is 30.5 Å². The number of para-hydroxylation sites is 1. The topological polar surface area (TPSA) is 91.5 Å². The number of carbonyl (C=O) groups excluding carboxylic acids is 1. The molecule has 0 saturated carbocycles. The Morgan fingerprint density at radius 1 is 1.28 bits per heavy atom. The molecule has 1 heterocycles. The molecule has 0 saturated heterocycles. The SMILES string of the molecule is COCCCN(CCNC(=O)Cc1c[nH]c2ccccc12)S(C)(=O)=O. The van der Waals surface area contributed by atoms with Crippen molar-refractivity contribution in [3.8, 4) is 0 Å². The van der Waals surface area contributed by atoms with Gasteiger partial charge in [-0.2, -0.15) is 0 Å². The molecule has 0 bridgehead atoms. The second-order valence-electron chi connectivity index (χ2n) is 5.89. The Hall–Kier alpha value is -1.90. The van der Waals surface area contributed by atoms with Gasteiger partial charge in [0.1, 0.15) is 0 Å². The van der Waals surface area contributed by atoms with Crippen LogP contribution < -0.4 is 5.32 Å². The third-order valence-electron chi connectivity index (χ3n) is 3.93. The largest absolute Gasteiger partial charge is 0.385 e. The molecule has 0 aliphatic carbocycles. The van der Waals surface area contributed by atoms with Gasteiger partial charge in [-0.15, -0.1) is 0 Å². The van der Waals surface area contributed by atoms with Gasteiger partial charge >= 0.3 is 0 Å². The zero-order valence-corrected chi connectivity index (χ0v) is 15.4. The number of amides is 1. The second kappa shape index (κ2) is 8.98. The van der Waals surface area contributed by atoms with Crippen molar-refractivity contribution in [2.75, 3.05) is 39.6 Å². The van der Waals surface area contributed by atoms with Crippen LogP contribution in [-0.4, -0.2) is 63.2 Å². The highest BCUT2D eigenvalue weighted by atomic mass is 32.2. The van der Waals surface area contributed by atoms with E-state index in [2.05, 4.69) is 10.3 Å². The molecule has 25 heavy (non-hydrogen) atoms. The van der Waals surface area contributed by atoms with Gasteiger partial charge in [-0.25, -0.2) is 12.7 Å². The molecule has 7 nitrogen and oxygen atoms in total. The minimum absolute atomic E-state index is 0.130. The number of aromatic amines is 1. The molecule has 0 fully saturated rings. The van der Waals surface area contributed by atoms with Gasteiger partial charge in [-0.1, -0.05) is 18.2 Å². The molecule has 0 atom stereocenters. The van der Waals surface area contributed by atoms with Gasteiger partial charge in [0, 0.05) is 50.5 Å². The van der Waals surface area contributed by atoms with E-state index in [9.17, 15) is 13.2 Å². The summed E-state index contributed by atoms with van der Waals surface area (Å²) in [6.07, 6.45) is 3.88. The first kappa shape index (κ1) is 19.4. The Morgan fingerprint density at radius 3 is 2.76 bits per heavy atom. The van der Waals surface area contributed by atoms with Crippen molar-refractivity contribution in [3.63, 3.8) is 0 Å². The minimum atomic E-state index is -3.30. The maximum atomic E-state index is 12.1. The first-order valence-corrected chi connectivity index (χ1v) is 10.0. The molecule has 8 heteroatoms.